The van der Waals surface area contributed by atoms with Crippen molar-refractivity contribution < 1.29 is 64.7 Å². The number of carbonyl (C=O) groups is 4. The van der Waals surface area contributed by atoms with Gasteiger partial charge in [0.15, 0.2) is 6.10 Å². The Morgan fingerprint density at radius 1 is 0.625 bits per heavy atom. The molecule has 0 saturated heterocycles. The summed E-state index contributed by atoms with van der Waals surface area (Å²) in [4.78, 5) is 46.5. The molecule has 1 N–H and O–H groups in total. The maximum Gasteiger partial charge on any atom is 0.500 e. The van der Waals surface area contributed by atoms with Crippen molar-refractivity contribution in [3.8, 4) is 0 Å². The van der Waals surface area contributed by atoms with Crippen molar-refractivity contribution in [2.45, 2.75) is 72.6 Å². The predicted octanol–water partition coefficient (Wildman–Crippen LogP) is 4.13. The van der Waals surface area contributed by atoms with Crippen molar-refractivity contribution in [1.29, 1.82) is 0 Å². The number of carbonyl (C=O) groups excluding carboxylic acids is 4. The largest absolute Gasteiger partial charge is 0.500 e. The second kappa shape index (κ2) is 27.0. The Morgan fingerprint density at radius 3 is 1.40 bits per heavy atom. The lowest BCUT2D eigenvalue weighted by molar-refractivity contribution is -0.147. The third kappa shape index (κ3) is 21.1. The standard InChI is InChI=1S/C21H37NO9Si.C10H20O5Si/c1-8-28-32(29-9-2,30-10-3)13-11-12-22-21(25)31-18(14-26-19(23)16(4)5)15-27-20(24)17(6)7;1-9(2)10(11)15-7-6-8-16(12-3,13-4)14-5/h18H,4,6,8-15H2,1-3,5,7H3,(H,22,25);1,6-8H2,2-5H3. The molecule has 0 fully saturated rings. The van der Waals surface area contributed by atoms with Gasteiger partial charge in [0.05, 0.1) is 6.61 Å². The van der Waals surface area contributed by atoms with Gasteiger partial charge >= 0.3 is 41.6 Å². The van der Waals surface area contributed by atoms with E-state index in [1.807, 2.05) is 20.8 Å². The Kier molecular flexibility index (Phi) is 26.5. The minimum absolute atomic E-state index is 0.192. The summed E-state index contributed by atoms with van der Waals surface area (Å²) in [5.41, 5.74) is 0.782. The topological polar surface area (TPSA) is 173 Å². The lowest BCUT2D eigenvalue weighted by Crippen LogP contribution is -2.46. The lowest BCUT2D eigenvalue weighted by Gasteiger charge is -2.28. The Balaban J connectivity index is 0. The molecule has 0 unspecified atom stereocenters. The molecule has 0 heterocycles. The van der Waals surface area contributed by atoms with E-state index in [-0.39, 0.29) is 36.9 Å². The number of hydrogen-bond acceptors (Lipinski definition) is 14. The van der Waals surface area contributed by atoms with Crippen LogP contribution in [0.1, 0.15) is 54.4 Å². The molecule has 0 aliphatic carbocycles. The Hall–Kier alpha value is -2.91. The maximum absolute atomic E-state index is 12.2. The van der Waals surface area contributed by atoms with Gasteiger partial charge in [0.25, 0.3) is 0 Å². The van der Waals surface area contributed by atoms with E-state index in [0.717, 1.165) is 0 Å². The molecule has 0 atom stereocenters. The monoisotopic (exact) mass is 723 g/mol. The zero-order chi connectivity index (χ0) is 37.2. The molecule has 0 aromatic carbocycles. The van der Waals surface area contributed by atoms with Gasteiger partial charge in [0, 0.05) is 76.5 Å². The number of ether oxygens (including phenoxy) is 4. The SMILES string of the molecule is C=C(C)C(=O)OCC(COC(=O)C(=C)C)OC(=O)NCCC[Si](OCC)(OCC)OCC.C=C(C)C(=O)OCCC[Si](OC)(OC)OC. The van der Waals surface area contributed by atoms with Crippen molar-refractivity contribution >= 4 is 41.6 Å². The molecule has 48 heavy (non-hydrogen) atoms. The van der Waals surface area contributed by atoms with Gasteiger partial charge in [-0.3, -0.25) is 0 Å². The maximum atomic E-state index is 12.2. The van der Waals surface area contributed by atoms with Crippen molar-refractivity contribution in [2.75, 3.05) is 67.5 Å². The number of hydrogen-bond donors (Lipinski definition) is 1. The van der Waals surface area contributed by atoms with Crippen LogP contribution in [0.5, 0.6) is 0 Å². The third-order valence-corrected chi connectivity index (χ3v) is 11.9. The predicted molar refractivity (Wildman–Crippen MR) is 182 cm³/mol. The molecule has 17 heteroatoms. The first-order chi connectivity index (χ1) is 22.6. The van der Waals surface area contributed by atoms with Crippen LogP contribution in [0.15, 0.2) is 36.5 Å². The van der Waals surface area contributed by atoms with Gasteiger partial charge in [-0.15, -0.1) is 0 Å². The molecular weight excluding hydrogens is 667 g/mol. The van der Waals surface area contributed by atoms with E-state index in [2.05, 4.69) is 25.1 Å². The third-order valence-electron chi connectivity index (χ3n) is 5.94. The van der Waals surface area contributed by atoms with Crippen LogP contribution in [-0.2, 0) is 59.9 Å². The molecular formula is C31H57NO14Si2. The second-order valence-electron chi connectivity index (χ2n) is 10.1. The van der Waals surface area contributed by atoms with E-state index in [9.17, 15) is 19.2 Å². The normalized spacial score (nSPS) is 11.1. The van der Waals surface area contributed by atoms with Crippen LogP contribution in [0.2, 0.25) is 12.1 Å². The Labute approximate surface area is 287 Å². The van der Waals surface area contributed by atoms with Crippen LogP contribution in [0.25, 0.3) is 0 Å². The highest BCUT2D eigenvalue weighted by Crippen LogP contribution is 2.18. The fraction of sp³-hybridized carbons (Fsp3) is 0.677. The second-order valence-corrected chi connectivity index (χ2v) is 15.9. The lowest BCUT2D eigenvalue weighted by atomic mass is 10.3. The smallest absolute Gasteiger partial charge is 0.462 e. The quantitative estimate of drug-likeness (QED) is 0.0468. The Morgan fingerprint density at radius 2 is 1.02 bits per heavy atom. The molecule has 0 spiro atoms. The minimum Gasteiger partial charge on any atom is -0.462 e. The molecule has 0 aliphatic heterocycles. The van der Waals surface area contributed by atoms with Crippen LogP contribution in [0.3, 0.4) is 0 Å². The van der Waals surface area contributed by atoms with Gasteiger partial charge in [0.2, 0.25) is 0 Å². The summed E-state index contributed by atoms with van der Waals surface area (Å²) >= 11 is 0. The summed E-state index contributed by atoms with van der Waals surface area (Å²) in [6.07, 6.45) is -0.559. The number of esters is 3. The Bertz CT molecular complexity index is 964. The van der Waals surface area contributed by atoms with Crippen molar-refractivity contribution in [3.63, 3.8) is 0 Å². The van der Waals surface area contributed by atoms with Gasteiger partial charge in [-0.05, 0) is 54.4 Å². The van der Waals surface area contributed by atoms with Crippen LogP contribution < -0.4 is 5.32 Å². The van der Waals surface area contributed by atoms with Crippen molar-refractivity contribution in [1.82, 2.24) is 5.32 Å². The average molecular weight is 724 g/mol. The summed E-state index contributed by atoms with van der Waals surface area (Å²) in [7, 11) is -0.662. The number of alkyl carbamates (subject to hydrolysis) is 1. The molecule has 1 amide bonds. The molecule has 0 rings (SSSR count). The summed E-state index contributed by atoms with van der Waals surface area (Å²) in [5.74, 6) is -1.66. The van der Waals surface area contributed by atoms with E-state index in [1.54, 1.807) is 28.3 Å². The van der Waals surface area contributed by atoms with Gasteiger partial charge in [-0.2, -0.15) is 0 Å². The highest BCUT2D eigenvalue weighted by molar-refractivity contribution is 6.61. The van der Waals surface area contributed by atoms with Crippen LogP contribution in [-0.4, -0.2) is 115 Å². The number of rotatable bonds is 25. The van der Waals surface area contributed by atoms with Crippen LogP contribution in [0, 0.1) is 0 Å². The molecule has 15 nitrogen and oxygen atoms in total. The van der Waals surface area contributed by atoms with Gasteiger partial charge in [-0.25, -0.2) is 19.2 Å². The van der Waals surface area contributed by atoms with E-state index >= 15 is 0 Å². The summed E-state index contributed by atoms with van der Waals surface area (Å²) in [6.45, 7) is 22.1. The first kappa shape index (κ1) is 47.2. The zero-order valence-corrected chi connectivity index (χ0v) is 32.2. The van der Waals surface area contributed by atoms with Crippen molar-refractivity contribution in [3.05, 3.63) is 36.5 Å². The highest BCUT2D eigenvalue weighted by Gasteiger charge is 2.39. The molecule has 278 valence electrons. The first-order valence-corrected chi connectivity index (χ1v) is 19.5. The van der Waals surface area contributed by atoms with Gasteiger partial charge < -0.3 is 50.8 Å². The molecule has 0 aliphatic rings. The van der Waals surface area contributed by atoms with E-state index in [1.165, 1.54) is 13.8 Å². The van der Waals surface area contributed by atoms with Crippen LogP contribution >= 0.6 is 0 Å². The van der Waals surface area contributed by atoms with Gasteiger partial charge in [0.1, 0.15) is 13.2 Å². The fourth-order valence-corrected chi connectivity index (χ4v) is 7.82. The summed E-state index contributed by atoms with van der Waals surface area (Å²) in [6, 6.07) is 1.14. The average Bonchev–Trinajstić information content (AvgIpc) is 3.04. The fourth-order valence-electron chi connectivity index (χ4n) is 3.52. The molecule has 0 bridgehead atoms. The summed E-state index contributed by atoms with van der Waals surface area (Å²) < 4.78 is 53.2. The first-order valence-electron chi connectivity index (χ1n) is 15.6. The minimum atomic E-state index is -2.80. The summed E-state index contributed by atoms with van der Waals surface area (Å²) in [5, 5.41) is 2.61. The van der Waals surface area contributed by atoms with Crippen molar-refractivity contribution in [2.24, 2.45) is 0 Å². The molecule has 0 aromatic rings. The van der Waals surface area contributed by atoms with E-state index in [0.29, 0.717) is 56.9 Å². The molecule has 0 radical (unpaired) electrons. The zero-order valence-electron chi connectivity index (χ0n) is 30.2. The molecule has 0 aromatic heterocycles. The highest BCUT2D eigenvalue weighted by atomic mass is 28.4. The van der Waals surface area contributed by atoms with E-state index in [4.69, 9.17) is 45.5 Å². The number of nitrogens with one attached hydrogen (secondary N) is 1. The van der Waals surface area contributed by atoms with Gasteiger partial charge in [-0.1, -0.05) is 19.7 Å². The van der Waals surface area contributed by atoms with E-state index < -0.39 is 41.7 Å². The van der Waals surface area contributed by atoms with Crippen LogP contribution in [0.4, 0.5) is 4.79 Å². The molecule has 0 saturated carbocycles. The number of amides is 1.